The van der Waals surface area contributed by atoms with E-state index < -0.39 is 0 Å². The van der Waals surface area contributed by atoms with E-state index in [0.717, 1.165) is 18.1 Å². The van der Waals surface area contributed by atoms with E-state index in [0.29, 0.717) is 0 Å². The maximum Gasteiger partial charge on any atom is 0.239 e. The summed E-state index contributed by atoms with van der Waals surface area (Å²) >= 11 is 0. The Balaban J connectivity index is 2.48. The molecular formula is C13H22N4O. The van der Waals surface area contributed by atoms with Crippen LogP contribution >= 0.6 is 0 Å². The van der Waals surface area contributed by atoms with Crippen LogP contribution in [0.15, 0.2) is 18.3 Å². The van der Waals surface area contributed by atoms with E-state index in [9.17, 15) is 4.79 Å². The average Bonchev–Trinajstić information content (AvgIpc) is 2.25. The molecule has 0 saturated heterocycles. The number of rotatable bonds is 5. The minimum Gasteiger partial charge on any atom is -0.376 e. The fourth-order valence-corrected chi connectivity index (χ4v) is 1.46. The predicted octanol–water partition coefficient (Wildman–Crippen LogP) is 1.84. The molecule has 0 bridgehead atoms. The van der Waals surface area contributed by atoms with E-state index in [4.69, 9.17) is 0 Å². The van der Waals surface area contributed by atoms with Crippen LogP contribution in [0.4, 0.5) is 11.5 Å². The number of pyridine rings is 1. The highest BCUT2D eigenvalue weighted by molar-refractivity contribution is 5.81. The van der Waals surface area contributed by atoms with Gasteiger partial charge in [-0.3, -0.25) is 4.79 Å². The SMILES string of the molecule is CCNc1cc(NCC(=O)NC(C)(C)C)ccn1. The van der Waals surface area contributed by atoms with Crippen LogP contribution in [0.2, 0.25) is 0 Å². The topological polar surface area (TPSA) is 66.0 Å². The van der Waals surface area contributed by atoms with Crippen molar-refractivity contribution in [2.75, 3.05) is 23.7 Å². The highest BCUT2D eigenvalue weighted by Gasteiger charge is 2.13. The molecule has 0 aliphatic rings. The lowest BCUT2D eigenvalue weighted by molar-refractivity contribution is -0.120. The van der Waals surface area contributed by atoms with Gasteiger partial charge in [0.15, 0.2) is 0 Å². The number of hydrogen-bond donors (Lipinski definition) is 3. The Morgan fingerprint density at radius 3 is 2.67 bits per heavy atom. The van der Waals surface area contributed by atoms with Gasteiger partial charge in [-0.2, -0.15) is 0 Å². The Kier molecular flexibility index (Phi) is 4.95. The van der Waals surface area contributed by atoms with Crippen LogP contribution in [-0.2, 0) is 4.79 Å². The van der Waals surface area contributed by atoms with E-state index in [1.165, 1.54) is 0 Å². The molecule has 1 heterocycles. The number of carbonyl (C=O) groups excluding carboxylic acids is 1. The minimum atomic E-state index is -0.202. The van der Waals surface area contributed by atoms with Gasteiger partial charge in [0.1, 0.15) is 5.82 Å². The molecule has 0 unspecified atom stereocenters. The Morgan fingerprint density at radius 2 is 2.06 bits per heavy atom. The maximum atomic E-state index is 11.6. The number of carbonyl (C=O) groups is 1. The van der Waals surface area contributed by atoms with Gasteiger partial charge < -0.3 is 16.0 Å². The second-order valence-corrected chi connectivity index (χ2v) is 5.11. The lowest BCUT2D eigenvalue weighted by Gasteiger charge is -2.20. The molecule has 0 atom stereocenters. The third kappa shape index (κ3) is 5.52. The van der Waals surface area contributed by atoms with Crippen LogP contribution < -0.4 is 16.0 Å². The first kappa shape index (κ1) is 14.3. The molecule has 5 nitrogen and oxygen atoms in total. The first-order chi connectivity index (χ1) is 8.40. The monoisotopic (exact) mass is 250 g/mol. The summed E-state index contributed by atoms with van der Waals surface area (Å²) in [6.07, 6.45) is 1.71. The summed E-state index contributed by atoms with van der Waals surface area (Å²) < 4.78 is 0. The van der Waals surface area contributed by atoms with Crippen molar-refractivity contribution in [1.82, 2.24) is 10.3 Å². The van der Waals surface area contributed by atoms with Crippen molar-refractivity contribution in [2.24, 2.45) is 0 Å². The first-order valence-corrected chi connectivity index (χ1v) is 6.15. The highest BCUT2D eigenvalue weighted by atomic mass is 16.2. The Hall–Kier alpha value is -1.78. The molecule has 5 heteroatoms. The van der Waals surface area contributed by atoms with E-state index in [-0.39, 0.29) is 18.0 Å². The molecule has 18 heavy (non-hydrogen) atoms. The second-order valence-electron chi connectivity index (χ2n) is 5.11. The van der Waals surface area contributed by atoms with Crippen molar-refractivity contribution in [1.29, 1.82) is 0 Å². The second kappa shape index (κ2) is 6.23. The van der Waals surface area contributed by atoms with Crippen LogP contribution in [-0.4, -0.2) is 29.5 Å². The summed E-state index contributed by atoms with van der Waals surface area (Å²) in [5, 5.41) is 9.09. The molecule has 1 aromatic rings. The van der Waals surface area contributed by atoms with Crippen molar-refractivity contribution < 1.29 is 4.79 Å². The molecule has 1 amide bonds. The Bertz CT molecular complexity index is 398. The molecule has 0 aromatic carbocycles. The summed E-state index contributed by atoms with van der Waals surface area (Å²) in [7, 11) is 0. The third-order valence-electron chi connectivity index (χ3n) is 2.09. The molecule has 0 aliphatic heterocycles. The van der Waals surface area contributed by atoms with E-state index >= 15 is 0 Å². The Labute approximate surface area is 108 Å². The van der Waals surface area contributed by atoms with Crippen LogP contribution in [0, 0.1) is 0 Å². The molecule has 0 aliphatic carbocycles. The van der Waals surface area contributed by atoms with E-state index in [2.05, 4.69) is 20.9 Å². The molecule has 3 N–H and O–H groups in total. The zero-order chi connectivity index (χ0) is 13.6. The molecule has 1 aromatic heterocycles. The van der Waals surface area contributed by atoms with Gasteiger partial charge in [-0.25, -0.2) is 4.98 Å². The summed E-state index contributed by atoms with van der Waals surface area (Å²) in [4.78, 5) is 15.8. The van der Waals surface area contributed by atoms with Gasteiger partial charge in [-0.05, 0) is 33.8 Å². The van der Waals surface area contributed by atoms with E-state index in [1.807, 2.05) is 39.8 Å². The molecule has 1 rings (SSSR count). The van der Waals surface area contributed by atoms with Crippen molar-refractivity contribution in [3.05, 3.63) is 18.3 Å². The summed E-state index contributed by atoms with van der Waals surface area (Å²) in [6, 6.07) is 3.72. The van der Waals surface area contributed by atoms with Gasteiger partial charge in [-0.1, -0.05) is 0 Å². The third-order valence-corrected chi connectivity index (χ3v) is 2.09. The summed E-state index contributed by atoms with van der Waals surface area (Å²) in [6.45, 7) is 8.97. The smallest absolute Gasteiger partial charge is 0.239 e. The van der Waals surface area contributed by atoms with Crippen molar-refractivity contribution in [3.8, 4) is 0 Å². The standard InChI is InChI=1S/C13H22N4O/c1-5-14-11-8-10(6-7-15-11)16-9-12(18)17-13(2,3)4/h6-8H,5,9H2,1-4H3,(H,17,18)(H2,14,15,16). The van der Waals surface area contributed by atoms with Gasteiger partial charge >= 0.3 is 0 Å². The summed E-state index contributed by atoms with van der Waals surface area (Å²) in [5.74, 6) is 0.781. The van der Waals surface area contributed by atoms with Crippen molar-refractivity contribution in [3.63, 3.8) is 0 Å². The molecule has 0 radical (unpaired) electrons. The molecule has 0 saturated carbocycles. The van der Waals surface area contributed by atoms with Gasteiger partial charge in [0.2, 0.25) is 5.91 Å². The van der Waals surface area contributed by atoms with Gasteiger partial charge in [0.25, 0.3) is 0 Å². The number of nitrogens with one attached hydrogen (secondary N) is 3. The molecule has 100 valence electrons. The largest absolute Gasteiger partial charge is 0.376 e. The highest BCUT2D eigenvalue weighted by Crippen LogP contribution is 2.11. The molecule has 0 fully saturated rings. The lowest BCUT2D eigenvalue weighted by atomic mass is 10.1. The van der Waals surface area contributed by atoms with Crippen LogP contribution in [0.5, 0.6) is 0 Å². The maximum absolute atomic E-state index is 11.6. The molecule has 0 spiro atoms. The van der Waals surface area contributed by atoms with Crippen LogP contribution in [0.3, 0.4) is 0 Å². The normalized spacial score (nSPS) is 10.9. The predicted molar refractivity (Wildman–Crippen MR) is 74.8 cm³/mol. The van der Waals surface area contributed by atoms with Crippen LogP contribution in [0.25, 0.3) is 0 Å². The molecular weight excluding hydrogens is 228 g/mol. The number of amides is 1. The number of hydrogen-bond acceptors (Lipinski definition) is 4. The quantitative estimate of drug-likeness (QED) is 0.746. The number of anilines is 2. The van der Waals surface area contributed by atoms with Gasteiger partial charge in [0, 0.05) is 30.0 Å². The Morgan fingerprint density at radius 1 is 1.33 bits per heavy atom. The van der Waals surface area contributed by atoms with Crippen LogP contribution in [0.1, 0.15) is 27.7 Å². The average molecular weight is 250 g/mol. The summed E-state index contributed by atoms with van der Waals surface area (Å²) in [5.41, 5.74) is 0.677. The van der Waals surface area contributed by atoms with E-state index in [1.54, 1.807) is 6.20 Å². The fraction of sp³-hybridized carbons (Fsp3) is 0.538. The first-order valence-electron chi connectivity index (χ1n) is 6.15. The van der Waals surface area contributed by atoms with Gasteiger partial charge in [-0.15, -0.1) is 0 Å². The fourth-order valence-electron chi connectivity index (χ4n) is 1.46. The van der Waals surface area contributed by atoms with Crippen molar-refractivity contribution >= 4 is 17.4 Å². The zero-order valence-corrected chi connectivity index (χ0v) is 11.5. The minimum absolute atomic E-state index is 0.0238. The number of aromatic nitrogens is 1. The van der Waals surface area contributed by atoms with Gasteiger partial charge in [0.05, 0.1) is 6.54 Å². The number of nitrogens with zero attached hydrogens (tertiary/aromatic N) is 1. The zero-order valence-electron chi connectivity index (χ0n) is 11.5. The van der Waals surface area contributed by atoms with Crippen molar-refractivity contribution in [2.45, 2.75) is 33.2 Å². The lowest BCUT2D eigenvalue weighted by Crippen LogP contribution is -2.43.